The van der Waals surface area contributed by atoms with E-state index in [1.807, 2.05) is 32.2 Å². The second-order valence-electron chi connectivity index (χ2n) is 3.98. The minimum Gasteiger partial charge on any atom is -0.403 e. The molecule has 17 heavy (non-hydrogen) atoms. The van der Waals surface area contributed by atoms with Gasteiger partial charge in [-0.1, -0.05) is 23.3 Å². The van der Waals surface area contributed by atoms with Gasteiger partial charge in [-0.2, -0.15) is 0 Å². The van der Waals surface area contributed by atoms with Crippen molar-refractivity contribution in [3.05, 3.63) is 30.0 Å². The van der Waals surface area contributed by atoms with E-state index in [1.54, 1.807) is 0 Å². The van der Waals surface area contributed by atoms with Crippen LogP contribution in [0.5, 0.6) is 0 Å². The van der Waals surface area contributed by atoms with Crippen LogP contribution in [0.1, 0.15) is 5.69 Å². The first kappa shape index (κ1) is 9.89. The molecule has 3 aromatic rings. The van der Waals surface area contributed by atoms with Gasteiger partial charge in [0.15, 0.2) is 0 Å². The van der Waals surface area contributed by atoms with Gasteiger partial charge in [0.05, 0.1) is 5.56 Å². The summed E-state index contributed by atoms with van der Waals surface area (Å²) in [6, 6.07) is 8.19. The van der Waals surface area contributed by atoms with E-state index in [0.717, 1.165) is 22.2 Å². The number of nitrogens with zero attached hydrogens (tertiary/aromatic N) is 3. The molecular formula is C12H12N4O. The molecule has 5 heteroatoms. The van der Waals surface area contributed by atoms with Gasteiger partial charge in [0, 0.05) is 23.6 Å². The highest BCUT2D eigenvalue weighted by Gasteiger charge is 2.17. The Bertz CT molecular complexity index is 696. The number of fused-ring (bicyclic) bond motifs is 1. The van der Waals surface area contributed by atoms with Crippen molar-refractivity contribution in [3.63, 3.8) is 0 Å². The van der Waals surface area contributed by atoms with Crippen LogP contribution in [0.4, 0.5) is 6.01 Å². The van der Waals surface area contributed by atoms with E-state index in [4.69, 9.17) is 10.2 Å². The first-order valence-corrected chi connectivity index (χ1v) is 5.32. The van der Waals surface area contributed by atoms with Crippen molar-refractivity contribution >= 4 is 16.9 Å². The van der Waals surface area contributed by atoms with E-state index in [1.165, 1.54) is 0 Å². The molecule has 0 unspecified atom stereocenters. The van der Waals surface area contributed by atoms with Crippen LogP contribution in [0.2, 0.25) is 0 Å². The smallest absolute Gasteiger partial charge is 0.313 e. The first-order valence-electron chi connectivity index (χ1n) is 5.32. The van der Waals surface area contributed by atoms with Crippen LogP contribution in [-0.2, 0) is 7.05 Å². The second-order valence-corrected chi connectivity index (χ2v) is 3.98. The molecule has 0 saturated carbocycles. The molecule has 0 spiro atoms. The summed E-state index contributed by atoms with van der Waals surface area (Å²) in [5, 5.41) is 8.75. The van der Waals surface area contributed by atoms with Crippen LogP contribution in [0.25, 0.3) is 22.4 Å². The van der Waals surface area contributed by atoms with Crippen molar-refractivity contribution in [2.75, 3.05) is 5.73 Å². The Labute approximate surface area is 97.9 Å². The van der Waals surface area contributed by atoms with Gasteiger partial charge < -0.3 is 14.7 Å². The van der Waals surface area contributed by atoms with Crippen LogP contribution in [-0.4, -0.2) is 14.8 Å². The average Bonchev–Trinajstić information content (AvgIpc) is 2.84. The maximum atomic E-state index is 5.47. The molecular weight excluding hydrogens is 216 g/mol. The topological polar surface area (TPSA) is 69.9 Å². The number of rotatable bonds is 1. The highest BCUT2D eigenvalue weighted by atomic mass is 16.4. The predicted octanol–water partition coefficient (Wildman–Crippen LogP) is 2.12. The Morgan fingerprint density at radius 1 is 1.24 bits per heavy atom. The first-order chi connectivity index (χ1) is 8.18. The van der Waals surface area contributed by atoms with E-state index in [-0.39, 0.29) is 6.01 Å². The lowest BCUT2D eigenvalue weighted by Gasteiger charge is -1.97. The summed E-state index contributed by atoms with van der Waals surface area (Å²) in [6.45, 7) is 2.02. The molecule has 2 aromatic heterocycles. The Kier molecular flexibility index (Phi) is 1.95. The summed E-state index contributed by atoms with van der Waals surface area (Å²) in [4.78, 5) is 0. The monoisotopic (exact) mass is 228 g/mol. The summed E-state index contributed by atoms with van der Waals surface area (Å²) in [5.41, 5.74) is 8.64. The Morgan fingerprint density at radius 3 is 2.71 bits per heavy atom. The number of hydrogen-bond donors (Lipinski definition) is 1. The lowest BCUT2D eigenvalue weighted by atomic mass is 10.1. The number of nitrogen functional groups attached to an aromatic ring is 1. The van der Waals surface area contributed by atoms with Gasteiger partial charge in [0.2, 0.25) is 0 Å². The molecule has 0 aliphatic heterocycles. The van der Waals surface area contributed by atoms with Crippen molar-refractivity contribution in [1.29, 1.82) is 0 Å². The van der Waals surface area contributed by atoms with Gasteiger partial charge in [-0.25, -0.2) is 0 Å². The standard InChI is InChI=1S/C12H12N4O/c1-7-10(11-14-15-12(13)17-11)8-5-3-4-6-9(8)16(7)2/h3-6H,1-2H3,(H2,13,15). The third kappa shape index (κ3) is 1.32. The van der Waals surface area contributed by atoms with Gasteiger partial charge in [-0.05, 0) is 13.0 Å². The summed E-state index contributed by atoms with van der Waals surface area (Å²) >= 11 is 0. The number of aromatic nitrogens is 3. The largest absolute Gasteiger partial charge is 0.403 e. The lowest BCUT2D eigenvalue weighted by molar-refractivity contribution is 0.590. The molecule has 0 saturated heterocycles. The van der Waals surface area contributed by atoms with Gasteiger partial charge in [0.1, 0.15) is 0 Å². The summed E-state index contributed by atoms with van der Waals surface area (Å²) < 4.78 is 7.42. The van der Waals surface area contributed by atoms with E-state index < -0.39 is 0 Å². The molecule has 0 atom stereocenters. The molecule has 0 bridgehead atoms. The van der Waals surface area contributed by atoms with Crippen molar-refractivity contribution in [2.24, 2.45) is 7.05 Å². The zero-order chi connectivity index (χ0) is 12.0. The minimum absolute atomic E-state index is 0.0901. The molecule has 0 fully saturated rings. The number of nitrogens with two attached hydrogens (primary N) is 1. The normalized spacial score (nSPS) is 11.2. The van der Waals surface area contributed by atoms with E-state index in [0.29, 0.717) is 5.89 Å². The molecule has 5 nitrogen and oxygen atoms in total. The average molecular weight is 228 g/mol. The summed E-state index contributed by atoms with van der Waals surface area (Å²) in [6.07, 6.45) is 0. The molecule has 0 aliphatic carbocycles. The van der Waals surface area contributed by atoms with E-state index >= 15 is 0 Å². The van der Waals surface area contributed by atoms with Gasteiger partial charge in [-0.15, -0.1) is 5.10 Å². The van der Waals surface area contributed by atoms with E-state index in [9.17, 15) is 0 Å². The zero-order valence-electron chi connectivity index (χ0n) is 9.64. The molecule has 3 rings (SSSR count). The molecule has 2 heterocycles. The predicted molar refractivity (Wildman–Crippen MR) is 65.4 cm³/mol. The van der Waals surface area contributed by atoms with Crippen molar-refractivity contribution < 1.29 is 4.42 Å². The fraction of sp³-hybridized carbons (Fsp3) is 0.167. The quantitative estimate of drug-likeness (QED) is 0.692. The van der Waals surface area contributed by atoms with Gasteiger partial charge >= 0.3 is 6.01 Å². The number of aryl methyl sites for hydroxylation is 1. The Balaban J connectivity index is 2.40. The van der Waals surface area contributed by atoms with Crippen molar-refractivity contribution in [3.8, 4) is 11.5 Å². The zero-order valence-corrected chi connectivity index (χ0v) is 9.64. The molecule has 0 amide bonds. The van der Waals surface area contributed by atoms with Crippen LogP contribution < -0.4 is 5.73 Å². The minimum atomic E-state index is 0.0901. The third-order valence-corrected chi connectivity index (χ3v) is 3.05. The molecule has 0 aliphatic rings. The highest BCUT2D eigenvalue weighted by molar-refractivity contribution is 5.95. The lowest BCUT2D eigenvalue weighted by Crippen LogP contribution is -1.90. The van der Waals surface area contributed by atoms with Crippen LogP contribution >= 0.6 is 0 Å². The van der Waals surface area contributed by atoms with Crippen LogP contribution in [0.15, 0.2) is 28.7 Å². The fourth-order valence-corrected chi connectivity index (χ4v) is 2.13. The third-order valence-electron chi connectivity index (χ3n) is 3.05. The van der Waals surface area contributed by atoms with Crippen molar-refractivity contribution in [1.82, 2.24) is 14.8 Å². The molecule has 2 N–H and O–H groups in total. The molecule has 1 aromatic carbocycles. The molecule has 86 valence electrons. The molecule has 0 radical (unpaired) electrons. The van der Waals surface area contributed by atoms with Crippen LogP contribution in [0, 0.1) is 6.92 Å². The van der Waals surface area contributed by atoms with Crippen LogP contribution in [0.3, 0.4) is 0 Å². The van der Waals surface area contributed by atoms with Gasteiger partial charge in [-0.3, -0.25) is 0 Å². The number of benzene rings is 1. The highest BCUT2D eigenvalue weighted by Crippen LogP contribution is 2.33. The number of para-hydroxylation sites is 1. The SMILES string of the molecule is Cc1c(-c2nnc(N)o2)c2ccccc2n1C. The number of hydrogen-bond acceptors (Lipinski definition) is 4. The Morgan fingerprint density at radius 2 is 2.00 bits per heavy atom. The van der Waals surface area contributed by atoms with E-state index in [2.05, 4.69) is 20.8 Å². The fourth-order valence-electron chi connectivity index (χ4n) is 2.13. The number of anilines is 1. The summed E-state index contributed by atoms with van der Waals surface area (Å²) in [7, 11) is 2.01. The summed E-state index contributed by atoms with van der Waals surface area (Å²) in [5.74, 6) is 0.469. The maximum absolute atomic E-state index is 5.47. The van der Waals surface area contributed by atoms with Gasteiger partial charge in [0.25, 0.3) is 5.89 Å². The second kappa shape index (κ2) is 3.35. The maximum Gasteiger partial charge on any atom is 0.313 e. The Hall–Kier alpha value is -2.30. The van der Waals surface area contributed by atoms with Crippen molar-refractivity contribution in [2.45, 2.75) is 6.92 Å².